The van der Waals surface area contributed by atoms with Gasteiger partial charge in [-0.3, -0.25) is 4.79 Å². The van der Waals surface area contributed by atoms with Crippen LogP contribution in [0.3, 0.4) is 0 Å². The monoisotopic (exact) mass is 339 g/mol. The zero-order valence-corrected chi connectivity index (χ0v) is 13.9. The Morgan fingerprint density at radius 1 is 0.960 bits per heavy atom. The van der Waals surface area contributed by atoms with Crippen LogP contribution in [-0.4, -0.2) is 36.7 Å². The Balaban J connectivity index is 1.83. The number of carboxylic acids is 1. The van der Waals surface area contributed by atoms with Gasteiger partial charge in [0.25, 0.3) is 5.91 Å². The van der Waals surface area contributed by atoms with E-state index in [1.165, 1.54) is 0 Å². The average molecular weight is 339 g/mol. The van der Waals surface area contributed by atoms with E-state index in [-0.39, 0.29) is 11.5 Å². The lowest BCUT2D eigenvalue weighted by atomic mass is 9.94. The van der Waals surface area contributed by atoms with Gasteiger partial charge in [-0.05, 0) is 42.0 Å². The van der Waals surface area contributed by atoms with Gasteiger partial charge in [-0.15, -0.1) is 0 Å². The molecule has 5 heteroatoms. The molecule has 1 amide bonds. The molecule has 1 aliphatic heterocycles. The molecule has 1 heterocycles. The van der Waals surface area contributed by atoms with E-state index in [9.17, 15) is 14.7 Å². The average Bonchev–Trinajstić information content (AvgIpc) is 2.67. The van der Waals surface area contributed by atoms with Crippen molar-refractivity contribution in [2.75, 3.05) is 19.8 Å². The van der Waals surface area contributed by atoms with Crippen LogP contribution < -0.4 is 5.32 Å². The molecule has 0 bridgehead atoms. The Bertz CT molecular complexity index is 766. The van der Waals surface area contributed by atoms with Gasteiger partial charge in [0.1, 0.15) is 0 Å². The number of hydrogen-bond donors (Lipinski definition) is 2. The highest BCUT2D eigenvalue weighted by Gasteiger charge is 2.19. The first kappa shape index (κ1) is 17.2. The van der Waals surface area contributed by atoms with Gasteiger partial charge < -0.3 is 15.2 Å². The highest BCUT2D eigenvalue weighted by Crippen LogP contribution is 2.27. The molecule has 1 fully saturated rings. The van der Waals surface area contributed by atoms with Crippen LogP contribution in [0.5, 0.6) is 0 Å². The highest BCUT2D eigenvalue weighted by atomic mass is 16.5. The lowest BCUT2D eigenvalue weighted by Crippen LogP contribution is -2.32. The fraction of sp³-hybridized carbons (Fsp3) is 0.300. The number of carbonyl (C=O) groups is 2. The van der Waals surface area contributed by atoms with Gasteiger partial charge in [-0.1, -0.05) is 36.4 Å². The summed E-state index contributed by atoms with van der Waals surface area (Å²) >= 11 is 0. The van der Waals surface area contributed by atoms with Gasteiger partial charge in [0, 0.05) is 25.3 Å². The number of ether oxygens (including phenoxy) is 1. The van der Waals surface area contributed by atoms with Crippen molar-refractivity contribution >= 4 is 11.9 Å². The Morgan fingerprint density at radius 3 is 2.16 bits per heavy atom. The minimum Gasteiger partial charge on any atom is -0.478 e. The summed E-state index contributed by atoms with van der Waals surface area (Å²) < 4.78 is 5.34. The normalized spacial score (nSPS) is 14.9. The number of aromatic carboxylic acids is 1. The summed E-state index contributed by atoms with van der Waals surface area (Å²) in [6.07, 6.45) is 1.90. The molecule has 0 spiro atoms. The Morgan fingerprint density at radius 2 is 1.52 bits per heavy atom. The molecule has 0 unspecified atom stereocenters. The summed E-state index contributed by atoms with van der Waals surface area (Å²) in [6.45, 7) is 2.09. The maximum Gasteiger partial charge on any atom is 0.336 e. The van der Waals surface area contributed by atoms with Crippen molar-refractivity contribution in [3.8, 4) is 11.1 Å². The second-order valence-electron chi connectivity index (χ2n) is 6.16. The van der Waals surface area contributed by atoms with Crippen molar-refractivity contribution in [1.82, 2.24) is 5.32 Å². The number of rotatable bonds is 5. The van der Waals surface area contributed by atoms with E-state index in [2.05, 4.69) is 5.32 Å². The first-order chi connectivity index (χ1) is 12.2. The van der Waals surface area contributed by atoms with Gasteiger partial charge in [0.2, 0.25) is 0 Å². The second kappa shape index (κ2) is 7.94. The maximum absolute atomic E-state index is 12.7. The van der Waals surface area contributed by atoms with Crippen molar-refractivity contribution in [1.29, 1.82) is 0 Å². The molecular formula is C20H21NO4. The fourth-order valence-corrected chi connectivity index (χ4v) is 3.10. The van der Waals surface area contributed by atoms with Crippen LogP contribution in [-0.2, 0) is 4.74 Å². The van der Waals surface area contributed by atoms with Gasteiger partial charge in [0.15, 0.2) is 0 Å². The molecule has 0 saturated carbocycles. The van der Waals surface area contributed by atoms with E-state index in [1.54, 1.807) is 42.5 Å². The summed E-state index contributed by atoms with van der Waals surface area (Å²) in [5, 5.41) is 12.4. The summed E-state index contributed by atoms with van der Waals surface area (Å²) in [5.41, 5.74) is 1.85. The van der Waals surface area contributed by atoms with Gasteiger partial charge in [-0.2, -0.15) is 0 Å². The van der Waals surface area contributed by atoms with Gasteiger partial charge in [0.05, 0.1) is 5.56 Å². The number of nitrogens with one attached hydrogen (secondary N) is 1. The summed E-state index contributed by atoms with van der Waals surface area (Å²) in [6, 6.07) is 13.8. The van der Waals surface area contributed by atoms with E-state index in [1.807, 2.05) is 6.07 Å². The summed E-state index contributed by atoms with van der Waals surface area (Å²) in [5.74, 6) is -0.758. The van der Waals surface area contributed by atoms with Gasteiger partial charge in [-0.25, -0.2) is 4.79 Å². The van der Waals surface area contributed by atoms with Crippen LogP contribution in [0.1, 0.15) is 33.6 Å². The molecule has 0 aliphatic carbocycles. The molecule has 25 heavy (non-hydrogen) atoms. The molecule has 0 radical (unpaired) electrons. The minimum atomic E-state index is -1.01. The standard InChI is InChI=1S/C20H21NO4/c22-19(21-13-14-9-11-25-12-10-14)17-7-3-1-5-15(17)16-6-2-4-8-18(16)20(23)24/h1-8,14H,9-13H2,(H,21,22)(H,23,24). The summed E-state index contributed by atoms with van der Waals surface area (Å²) in [4.78, 5) is 24.2. The highest BCUT2D eigenvalue weighted by molar-refractivity contribution is 6.04. The molecule has 1 saturated heterocycles. The van der Waals surface area contributed by atoms with E-state index in [4.69, 9.17) is 4.74 Å². The number of hydrogen-bond acceptors (Lipinski definition) is 3. The summed E-state index contributed by atoms with van der Waals surface area (Å²) in [7, 11) is 0. The lowest BCUT2D eigenvalue weighted by Gasteiger charge is -2.22. The predicted molar refractivity (Wildman–Crippen MR) is 94.7 cm³/mol. The number of carboxylic acid groups (broad SMARTS) is 1. The minimum absolute atomic E-state index is 0.178. The third-order valence-electron chi connectivity index (χ3n) is 4.51. The SMILES string of the molecule is O=C(O)c1ccccc1-c1ccccc1C(=O)NCC1CCOCC1. The first-order valence-corrected chi connectivity index (χ1v) is 8.44. The molecule has 3 rings (SSSR count). The van der Waals surface area contributed by atoms with E-state index in [0.29, 0.717) is 29.2 Å². The van der Waals surface area contributed by atoms with Crippen molar-refractivity contribution in [2.24, 2.45) is 5.92 Å². The third kappa shape index (κ3) is 4.06. The van der Waals surface area contributed by atoms with Crippen LogP contribution in [0, 0.1) is 5.92 Å². The molecule has 2 N–H and O–H groups in total. The number of carbonyl (C=O) groups excluding carboxylic acids is 1. The van der Waals surface area contributed by atoms with Crippen molar-refractivity contribution < 1.29 is 19.4 Å². The van der Waals surface area contributed by atoms with Crippen LogP contribution in [0.15, 0.2) is 48.5 Å². The zero-order valence-electron chi connectivity index (χ0n) is 13.9. The second-order valence-corrected chi connectivity index (χ2v) is 6.16. The zero-order chi connectivity index (χ0) is 17.6. The van der Waals surface area contributed by atoms with Crippen LogP contribution in [0.2, 0.25) is 0 Å². The number of amides is 1. The largest absolute Gasteiger partial charge is 0.478 e. The van der Waals surface area contributed by atoms with Gasteiger partial charge >= 0.3 is 5.97 Å². The molecular weight excluding hydrogens is 318 g/mol. The van der Waals surface area contributed by atoms with Crippen molar-refractivity contribution in [2.45, 2.75) is 12.8 Å². The van der Waals surface area contributed by atoms with Crippen LogP contribution in [0.25, 0.3) is 11.1 Å². The molecule has 2 aromatic rings. The molecule has 130 valence electrons. The molecule has 0 aromatic heterocycles. The predicted octanol–water partition coefficient (Wildman–Crippen LogP) is 3.21. The maximum atomic E-state index is 12.7. The van der Waals surface area contributed by atoms with E-state index in [0.717, 1.165) is 26.1 Å². The molecule has 2 aromatic carbocycles. The first-order valence-electron chi connectivity index (χ1n) is 8.44. The molecule has 0 atom stereocenters. The Kier molecular flexibility index (Phi) is 5.46. The fourth-order valence-electron chi connectivity index (χ4n) is 3.10. The van der Waals surface area contributed by atoms with E-state index >= 15 is 0 Å². The number of benzene rings is 2. The van der Waals surface area contributed by atoms with Crippen molar-refractivity contribution in [3.05, 3.63) is 59.7 Å². The Hall–Kier alpha value is -2.66. The quantitative estimate of drug-likeness (QED) is 0.877. The van der Waals surface area contributed by atoms with E-state index < -0.39 is 5.97 Å². The molecule has 1 aliphatic rings. The molecule has 5 nitrogen and oxygen atoms in total. The third-order valence-corrected chi connectivity index (χ3v) is 4.51. The Labute approximate surface area is 146 Å². The van der Waals surface area contributed by atoms with Crippen LogP contribution in [0.4, 0.5) is 0 Å². The van der Waals surface area contributed by atoms with Crippen molar-refractivity contribution in [3.63, 3.8) is 0 Å². The smallest absolute Gasteiger partial charge is 0.336 e. The van der Waals surface area contributed by atoms with Crippen LogP contribution >= 0.6 is 0 Å². The topological polar surface area (TPSA) is 75.6 Å². The lowest BCUT2D eigenvalue weighted by molar-refractivity contribution is 0.0643.